The van der Waals surface area contributed by atoms with Crippen molar-refractivity contribution in [2.45, 2.75) is 51.9 Å². The average molecular weight is 260 g/mol. The Balaban J connectivity index is 0.000000408. The largest absolute Gasteiger partial charge is 0.388 e. The number of aryl methyl sites for hydroxylation is 2. The number of hydrogen-bond donors (Lipinski definition) is 0. The highest BCUT2D eigenvalue weighted by Crippen LogP contribution is 2.47. The lowest BCUT2D eigenvalue weighted by Gasteiger charge is -2.41. The van der Waals surface area contributed by atoms with E-state index in [0.29, 0.717) is 0 Å². The quantitative estimate of drug-likeness (QED) is 0.655. The minimum absolute atomic E-state index is 0.882. The van der Waals surface area contributed by atoms with Gasteiger partial charge >= 0.3 is 0 Å². The molecule has 0 heterocycles. The molecule has 1 nitrogen and oxygen atoms in total. The van der Waals surface area contributed by atoms with Crippen LogP contribution < -0.4 is 0 Å². The van der Waals surface area contributed by atoms with E-state index in [0.717, 1.165) is 17.8 Å². The maximum Gasteiger partial charge on any atom is 0.0351 e. The molecule has 0 aliphatic heterocycles. The molecule has 0 N–H and O–H groups in total. The summed E-state index contributed by atoms with van der Waals surface area (Å²) in [7, 11) is 3.25. The molecular formula is C18H28O. The summed E-state index contributed by atoms with van der Waals surface area (Å²) in [6.45, 7) is 4.70. The minimum atomic E-state index is 0.882. The van der Waals surface area contributed by atoms with Gasteiger partial charge < -0.3 is 4.74 Å². The Kier molecular flexibility index (Phi) is 5.04. The lowest BCUT2D eigenvalue weighted by atomic mass is 9.64. The maximum absolute atomic E-state index is 4.25. The molecule has 1 unspecified atom stereocenters. The zero-order chi connectivity index (χ0) is 13.8. The lowest BCUT2D eigenvalue weighted by Crippen LogP contribution is -2.29. The van der Waals surface area contributed by atoms with Gasteiger partial charge in [-0.2, -0.15) is 0 Å². The van der Waals surface area contributed by atoms with E-state index in [1.54, 1.807) is 25.3 Å². The van der Waals surface area contributed by atoms with Crippen molar-refractivity contribution in [1.82, 2.24) is 0 Å². The number of fused-ring (bicyclic) bond motifs is 3. The fourth-order valence-electron chi connectivity index (χ4n) is 3.97. The van der Waals surface area contributed by atoms with Gasteiger partial charge in [-0.3, -0.25) is 0 Å². The van der Waals surface area contributed by atoms with Crippen LogP contribution in [0.15, 0.2) is 18.2 Å². The Morgan fingerprint density at radius 3 is 2.58 bits per heavy atom. The van der Waals surface area contributed by atoms with E-state index >= 15 is 0 Å². The van der Waals surface area contributed by atoms with Gasteiger partial charge in [0.2, 0.25) is 0 Å². The summed E-state index contributed by atoms with van der Waals surface area (Å²) in [5, 5.41) is 0. The summed E-state index contributed by atoms with van der Waals surface area (Å²) in [4.78, 5) is 0. The van der Waals surface area contributed by atoms with E-state index in [4.69, 9.17) is 0 Å². The van der Waals surface area contributed by atoms with Crippen LogP contribution in [-0.4, -0.2) is 14.2 Å². The zero-order valence-corrected chi connectivity index (χ0v) is 12.9. The number of hydrogen-bond acceptors (Lipinski definition) is 1. The van der Waals surface area contributed by atoms with Gasteiger partial charge in [-0.1, -0.05) is 43.5 Å². The molecule has 1 aromatic rings. The Hall–Kier alpha value is -0.820. The van der Waals surface area contributed by atoms with Crippen molar-refractivity contribution in [3.05, 3.63) is 34.9 Å². The summed E-state index contributed by atoms with van der Waals surface area (Å²) in [6.07, 6.45) is 7.09. The van der Waals surface area contributed by atoms with E-state index in [1.807, 2.05) is 0 Å². The van der Waals surface area contributed by atoms with Crippen LogP contribution in [0.2, 0.25) is 0 Å². The number of benzene rings is 1. The minimum Gasteiger partial charge on any atom is -0.388 e. The summed E-state index contributed by atoms with van der Waals surface area (Å²) >= 11 is 0. The third-order valence-electron chi connectivity index (χ3n) is 4.87. The highest BCUT2D eigenvalue weighted by atomic mass is 16.4. The summed E-state index contributed by atoms with van der Waals surface area (Å²) < 4.78 is 4.25. The predicted octanol–water partition coefficient (Wildman–Crippen LogP) is 4.72. The predicted molar refractivity (Wildman–Crippen MR) is 81.7 cm³/mol. The molecule has 0 amide bonds. The fourth-order valence-corrected chi connectivity index (χ4v) is 3.97. The highest BCUT2D eigenvalue weighted by Gasteiger charge is 2.35. The summed E-state index contributed by atoms with van der Waals surface area (Å²) in [5.74, 6) is 2.81. The van der Waals surface area contributed by atoms with Gasteiger partial charge in [0.05, 0.1) is 0 Å². The van der Waals surface area contributed by atoms with Crippen LogP contribution in [0.5, 0.6) is 0 Å². The van der Waals surface area contributed by atoms with Gasteiger partial charge in [0, 0.05) is 14.2 Å². The fraction of sp³-hybridized carbons (Fsp3) is 0.667. The van der Waals surface area contributed by atoms with Crippen LogP contribution in [0.3, 0.4) is 0 Å². The first-order chi connectivity index (χ1) is 9.17. The lowest BCUT2D eigenvalue weighted by molar-refractivity contribution is 0.195. The molecule has 106 valence electrons. The van der Waals surface area contributed by atoms with E-state index in [-0.39, 0.29) is 0 Å². The standard InChI is InChI=1S/C16H22.C2H6O/c1-11-6-7-13-8-9-14-12(2)4-3-5-15(14)16(13)10-11;1-3-2/h6-7,10,12,14-15H,3-5,8-9H2,1-2H3;1-2H3/t12-,14+,15?;/m0./s1. The Morgan fingerprint density at radius 2 is 1.84 bits per heavy atom. The molecular weight excluding hydrogens is 232 g/mol. The van der Waals surface area contributed by atoms with Gasteiger partial charge in [0.25, 0.3) is 0 Å². The molecule has 3 rings (SSSR count). The van der Waals surface area contributed by atoms with Crippen LogP contribution >= 0.6 is 0 Å². The monoisotopic (exact) mass is 260 g/mol. The smallest absolute Gasteiger partial charge is 0.0351 e. The van der Waals surface area contributed by atoms with E-state index in [1.165, 1.54) is 37.7 Å². The third kappa shape index (κ3) is 3.20. The normalized spacial score (nSPS) is 28.7. The van der Waals surface area contributed by atoms with Gasteiger partial charge in [-0.25, -0.2) is 0 Å². The topological polar surface area (TPSA) is 9.23 Å². The number of ether oxygens (including phenoxy) is 1. The average Bonchev–Trinajstić information content (AvgIpc) is 2.40. The van der Waals surface area contributed by atoms with Gasteiger partial charge in [-0.15, -0.1) is 0 Å². The molecule has 3 atom stereocenters. The zero-order valence-electron chi connectivity index (χ0n) is 12.9. The third-order valence-corrected chi connectivity index (χ3v) is 4.87. The molecule has 1 heteroatoms. The molecule has 1 saturated carbocycles. The van der Waals surface area contributed by atoms with Crippen LogP contribution in [0, 0.1) is 18.8 Å². The van der Waals surface area contributed by atoms with Crippen LogP contribution in [0.4, 0.5) is 0 Å². The van der Waals surface area contributed by atoms with Crippen molar-refractivity contribution in [3.63, 3.8) is 0 Å². The summed E-state index contributed by atoms with van der Waals surface area (Å²) in [6, 6.07) is 7.12. The first kappa shape index (κ1) is 14.6. The second kappa shape index (κ2) is 6.56. The van der Waals surface area contributed by atoms with Crippen molar-refractivity contribution >= 4 is 0 Å². The highest BCUT2D eigenvalue weighted by molar-refractivity contribution is 5.37. The van der Waals surface area contributed by atoms with Crippen LogP contribution in [0.1, 0.15) is 55.2 Å². The molecule has 2 aliphatic rings. The van der Waals surface area contributed by atoms with E-state index < -0.39 is 0 Å². The molecule has 0 bridgehead atoms. The second-order valence-corrected chi connectivity index (χ2v) is 6.33. The summed E-state index contributed by atoms with van der Waals surface area (Å²) in [5.41, 5.74) is 4.78. The van der Waals surface area contributed by atoms with E-state index in [2.05, 4.69) is 36.8 Å². The van der Waals surface area contributed by atoms with Crippen LogP contribution in [0.25, 0.3) is 0 Å². The molecule has 0 aromatic heterocycles. The first-order valence-electron chi connectivity index (χ1n) is 7.67. The molecule has 1 fully saturated rings. The molecule has 19 heavy (non-hydrogen) atoms. The van der Waals surface area contributed by atoms with Gasteiger partial charge in [0.1, 0.15) is 0 Å². The van der Waals surface area contributed by atoms with E-state index in [9.17, 15) is 0 Å². The maximum atomic E-state index is 4.25. The van der Waals surface area contributed by atoms with Gasteiger partial charge in [0.15, 0.2) is 0 Å². The van der Waals surface area contributed by atoms with Gasteiger partial charge in [-0.05, 0) is 55.1 Å². The van der Waals surface area contributed by atoms with Crippen molar-refractivity contribution in [2.75, 3.05) is 14.2 Å². The number of methoxy groups -OCH3 is 1. The van der Waals surface area contributed by atoms with Crippen molar-refractivity contribution < 1.29 is 4.74 Å². The second-order valence-electron chi connectivity index (χ2n) is 6.33. The Labute approximate surface area is 118 Å². The molecule has 0 spiro atoms. The Bertz CT molecular complexity index is 410. The van der Waals surface area contributed by atoms with Crippen molar-refractivity contribution in [2.24, 2.45) is 11.8 Å². The Morgan fingerprint density at radius 1 is 1.11 bits per heavy atom. The molecule has 1 aromatic carbocycles. The molecule has 0 radical (unpaired) electrons. The molecule has 0 saturated heterocycles. The van der Waals surface area contributed by atoms with Crippen molar-refractivity contribution in [1.29, 1.82) is 0 Å². The van der Waals surface area contributed by atoms with Crippen molar-refractivity contribution in [3.8, 4) is 0 Å². The first-order valence-corrected chi connectivity index (χ1v) is 7.67. The van der Waals surface area contributed by atoms with Crippen LogP contribution in [-0.2, 0) is 11.2 Å². The SMILES string of the molecule is COC.Cc1ccc2c(c1)C1CCC[C@H](C)[C@H]1CC2. The molecule has 2 aliphatic carbocycles. The number of rotatable bonds is 0.